The Morgan fingerprint density at radius 3 is 2.45 bits per heavy atom. The Kier molecular flexibility index (Phi) is 8.14. The summed E-state index contributed by atoms with van der Waals surface area (Å²) in [7, 11) is 3.22. The molecular formula is C32H36ClN3O6. The number of hydroxylamine groups is 1. The van der Waals surface area contributed by atoms with Crippen LogP contribution in [-0.4, -0.2) is 49.2 Å². The maximum Gasteiger partial charge on any atom is 0.441 e. The Bertz CT molecular complexity index is 1660. The highest BCUT2D eigenvalue weighted by molar-refractivity contribution is 6.19. The first-order chi connectivity index (χ1) is 20.1. The molecule has 0 spiro atoms. The summed E-state index contributed by atoms with van der Waals surface area (Å²) in [5, 5.41) is 2.54. The van der Waals surface area contributed by atoms with Crippen LogP contribution >= 0.6 is 11.6 Å². The highest BCUT2D eigenvalue weighted by Gasteiger charge is 2.36. The van der Waals surface area contributed by atoms with Crippen molar-refractivity contribution in [2.45, 2.75) is 52.1 Å². The van der Waals surface area contributed by atoms with Crippen molar-refractivity contribution in [3.63, 3.8) is 0 Å². The maximum absolute atomic E-state index is 14.1. The molecule has 5 rings (SSSR count). The second kappa shape index (κ2) is 11.6. The molecule has 0 unspecified atom stereocenters. The summed E-state index contributed by atoms with van der Waals surface area (Å²) >= 11 is 6.46. The molecule has 0 aliphatic carbocycles. The number of amides is 2. The van der Waals surface area contributed by atoms with Crippen molar-refractivity contribution < 1.29 is 28.6 Å². The lowest BCUT2D eigenvalue weighted by molar-refractivity contribution is 0.0290. The monoisotopic (exact) mass is 593 g/mol. The van der Waals surface area contributed by atoms with Crippen LogP contribution in [0.1, 0.15) is 61.6 Å². The number of hydrogen-bond donors (Lipinski definition) is 2. The van der Waals surface area contributed by atoms with Gasteiger partial charge in [-0.1, -0.05) is 37.6 Å². The SMILES string of the molecule is CCCc1c(OC)c(OC)cc2cc(C(=O)N3C[C@@H](CCl)c4c3cc(ONC(=O)OC(C)(C)C)c3ccccc43)[nH]c12. The molecule has 1 aromatic heterocycles. The van der Waals surface area contributed by atoms with Crippen molar-refractivity contribution in [3.05, 3.63) is 59.3 Å². The van der Waals surface area contributed by atoms with E-state index in [2.05, 4.69) is 17.4 Å². The van der Waals surface area contributed by atoms with Crippen molar-refractivity contribution in [2.24, 2.45) is 0 Å². The fourth-order valence-corrected chi connectivity index (χ4v) is 5.89. The Balaban J connectivity index is 1.57. The Hall–Kier alpha value is -4.11. The molecule has 0 saturated heterocycles. The zero-order valence-electron chi connectivity index (χ0n) is 24.7. The number of halogens is 1. The number of nitrogens with zero attached hydrogens (tertiary/aromatic N) is 1. The smallest absolute Gasteiger partial charge is 0.441 e. The molecule has 0 bridgehead atoms. The number of methoxy groups -OCH3 is 2. The second-order valence-corrected chi connectivity index (χ2v) is 11.6. The number of ether oxygens (including phenoxy) is 3. The first-order valence-corrected chi connectivity index (χ1v) is 14.5. The summed E-state index contributed by atoms with van der Waals surface area (Å²) in [6.07, 6.45) is 0.930. The van der Waals surface area contributed by atoms with E-state index in [0.29, 0.717) is 41.1 Å². The third kappa shape index (κ3) is 5.41. The van der Waals surface area contributed by atoms with Crippen LogP contribution in [0.3, 0.4) is 0 Å². The zero-order chi connectivity index (χ0) is 30.2. The number of aromatic nitrogens is 1. The number of nitrogens with one attached hydrogen (secondary N) is 2. The van der Waals surface area contributed by atoms with Gasteiger partial charge in [-0.25, -0.2) is 4.79 Å². The first-order valence-electron chi connectivity index (χ1n) is 14.0. The van der Waals surface area contributed by atoms with E-state index in [1.807, 2.05) is 36.4 Å². The molecule has 10 heteroatoms. The van der Waals surface area contributed by atoms with Crippen LogP contribution < -0.4 is 24.7 Å². The van der Waals surface area contributed by atoms with E-state index in [9.17, 15) is 9.59 Å². The van der Waals surface area contributed by atoms with Crippen molar-refractivity contribution in [1.29, 1.82) is 0 Å². The van der Waals surface area contributed by atoms with Crippen molar-refractivity contribution in [2.75, 3.05) is 31.5 Å². The molecule has 2 N–H and O–H groups in total. The van der Waals surface area contributed by atoms with Crippen molar-refractivity contribution in [1.82, 2.24) is 10.5 Å². The molecule has 0 fully saturated rings. The molecule has 2 amide bonds. The van der Waals surface area contributed by atoms with Gasteiger partial charge in [0.1, 0.15) is 11.3 Å². The van der Waals surface area contributed by atoms with E-state index < -0.39 is 11.7 Å². The number of H-pyrrole nitrogens is 1. The van der Waals surface area contributed by atoms with Gasteiger partial charge in [0.2, 0.25) is 0 Å². The lowest BCUT2D eigenvalue weighted by Gasteiger charge is -2.21. The molecule has 0 radical (unpaired) electrons. The van der Waals surface area contributed by atoms with E-state index in [0.717, 1.165) is 45.6 Å². The number of alkyl halides is 1. The average molecular weight is 594 g/mol. The molecular weight excluding hydrogens is 558 g/mol. The first kappa shape index (κ1) is 29.4. The molecule has 1 aliphatic heterocycles. The Morgan fingerprint density at radius 2 is 1.81 bits per heavy atom. The summed E-state index contributed by atoms with van der Waals surface area (Å²) in [6.45, 7) is 7.81. The van der Waals surface area contributed by atoms with E-state index in [-0.39, 0.29) is 11.8 Å². The number of fused-ring (bicyclic) bond motifs is 4. The summed E-state index contributed by atoms with van der Waals surface area (Å²) in [5.74, 6) is 1.70. The highest BCUT2D eigenvalue weighted by atomic mass is 35.5. The van der Waals surface area contributed by atoms with Gasteiger partial charge in [0, 0.05) is 40.7 Å². The molecule has 42 heavy (non-hydrogen) atoms. The number of hydrogen-bond acceptors (Lipinski definition) is 6. The third-order valence-corrected chi connectivity index (χ3v) is 7.66. The average Bonchev–Trinajstić information content (AvgIpc) is 3.56. The minimum absolute atomic E-state index is 0.0939. The van der Waals surface area contributed by atoms with Crippen molar-refractivity contribution in [3.8, 4) is 17.2 Å². The number of aromatic amines is 1. The van der Waals surface area contributed by atoms with Crippen LogP contribution in [0.15, 0.2) is 42.5 Å². The van der Waals surface area contributed by atoms with Gasteiger partial charge >= 0.3 is 6.09 Å². The molecule has 9 nitrogen and oxygen atoms in total. The standard InChI is InChI=1S/C32H36ClN3O6/c1-7-10-22-28-18(14-26(39-5)29(22)40-6)13-23(34-28)30(37)36-17-19(16-33)27-21-12-9-8-11-20(21)25(15-24(27)36)42-35-31(38)41-32(2,3)4/h8-9,11-15,19,34H,7,10,16-17H2,1-6H3,(H,35,38)/t19-/m1/s1. The van der Waals surface area contributed by atoms with Gasteiger partial charge in [0.25, 0.3) is 5.91 Å². The minimum atomic E-state index is -0.717. The van der Waals surface area contributed by atoms with Crippen LogP contribution in [0, 0.1) is 0 Å². The van der Waals surface area contributed by atoms with Crippen LogP contribution in [-0.2, 0) is 11.2 Å². The number of rotatable bonds is 8. The van der Waals surface area contributed by atoms with Crippen LogP contribution in [0.4, 0.5) is 10.5 Å². The van der Waals surface area contributed by atoms with Crippen LogP contribution in [0.5, 0.6) is 17.2 Å². The number of benzene rings is 3. The summed E-state index contributed by atoms with van der Waals surface area (Å²) < 4.78 is 16.6. The zero-order valence-corrected chi connectivity index (χ0v) is 25.5. The highest BCUT2D eigenvalue weighted by Crippen LogP contribution is 2.46. The maximum atomic E-state index is 14.1. The molecule has 0 saturated carbocycles. The van der Waals surface area contributed by atoms with Gasteiger partial charge in [-0.05, 0) is 50.3 Å². The van der Waals surface area contributed by atoms with E-state index in [1.165, 1.54) is 0 Å². The fourth-order valence-electron chi connectivity index (χ4n) is 5.64. The lowest BCUT2D eigenvalue weighted by atomic mass is 9.95. The number of carbonyl (C=O) groups excluding carboxylic acids is 2. The lowest BCUT2D eigenvalue weighted by Crippen LogP contribution is -2.34. The fraction of sp³-hybridized carbons (Fsp3) is 0.375. The number of carbonyl (C=O) groups is 2. The number of aryl methyl sites for hydroxylation is 1. The van der Waals surface area contributed by atoms with Crippen LogP contribution in [0.2, 0.25) is 0 Å². The largest absolute Gasteiger partial charge is 0.493 e. The predicted octanol–water partition coefficient (Wildman–Crippen LogP) is 7.09. The van der Waals surface area contributed by atoms with Gasteiger partial charge in [0.05, 0.1) is 25.4 Å². The Labute approximate surface area is 250 Å². The van der Waals surface area contributed by atoms with E-state index >= 15 is 0 Å². The second-order valence-electron chi connectivity index (χ2n) is 11.3. The molecule has 222 valence electrons. The molecule has 4 aromatic rings. The third-order valence-electron chi connectivity index (χ3n) is 7.29. The summed E-state index contributed by atoms with van der Waals surface area (Å²) in [5.41, 5.74) is 5.56. The topological polar surface area (TPSA) is 102 Å². The van der Waals surface area contributed by atoms with Crippen molar-refractivity contribution >= 4 is 51.0 Å². The molecule has 3 aromatic carbocycles. The van der Waals surface area contributed by atoms with E-state index in [4.69, 9.17) is 30.6 Å². The predicted molar refractivity (Wildman–Crippen MR) is 164 cm³/mol. The molecule has 1 atom stereocenters. The van der Waals surface area contributed by atoms with Gasteiger partial charge in [-0.2, -0.15) is 5.48 Å². The normalized spacial score (nSPS) is 14.6. The van der Waals surface area contributed by atoms with Gasteiger partial charge in [-0.15, -0.1) is 11.6 Å². The van der Waals surface area contributed by atoms with Gasteiger partial charge in [0.15, 0.2) is 17.2 Å². The minimum Gasteiger partial charge on any atom is -0.493 e. The van der Waals surface area contributed by atoms with Gasteiger partial charge in [-0.3, -0.25) is 4.79 Å². The molecule has 1 aliphatic rings. The quantitative estimate of drug-likeness (QED) is 0.167. The van der Waals surface area contributed by atoms with Crippen LogP contribution in [0.25, 0.3) is 21.7 Å². The van der Waals surface area contributed by atoms with E-state index in [1.54, 1.807) is 46.0 Å². The number of anilines is 1. The van der Waals surface area contributed by atoms with Gasteiger partial charge < -0.3 is 28.9 Å². The summed E-state index contributed by atoms with van der Waals surface area (Å²) in [4.78, 5) is 37.3. The Morgan fingerprint density at radius 1 is 1.07 bits per heavy atom. The molecule has 2 heterocycles. The summed E-state index contributed by atoms with van der Waals surface area (Å²) in [6, 6.07) is 13.2.